The van der Waals surface area contributed by atoms with Gasteiger partial charge in [-0.1, -0.05) is 6.92 Å². The average Bonchev–Trinajstić information content (AvgIpc) is 3.10. The third-order valence-corrected chi connectivity index (χ3v) is 5.82. The van der Waals surface area contributed by atoms with E-state index >= 15 is 0 Å². The van der Waals surface area contributed by atoms with E-state index < -0.39 is 11.5 Å². The SMILES string of the molecule is CCC1(C)CC(=O)c2c(ccc3oc(C(=O)Nc4ccc(OC)c(OC)c4)c(C)c23)O1. The summed E-state index contributed by atoms with van der Waals surface area (Å²) < 4.78 is 22.5. The number of methoxy groups -OCH3 is 2. The lowest BCUT2D eigenvalue weighted by Crippen LogP contribution is -2.38. The van der Waals surface area contributed by atoms with Crippen molar-refractivity contribution in [2.45, 2.75) is 39.2 Å². The molecule has 2 aromatic carbocycles. The molecule has 31 heavy (non-hydrogen) atoms. The summed E-state index contributed by atoms with van der Waals surface area (Å²) in [5.74, 6) is 1.31. The van der Waals surface area contributed by atoms with Crippen LogP contribution in [0.2, 0.25) is 0 Å². The Morgan fingerprint density at radius 1 is 1.16 bits per heavy atom. The van der Waals surface area contributed by atoms with Gasteiger partial charge < -0.3 is 23.9 Å². The number of aryl methyl sites for hydroxylation is 1. The van der Waals surface area contributed by atoms with Crippen LogP contribution in [-0.4, -0.2) is 31.5 Å². The van der Waals surface area contributed by atoms with E-state index in [4.69, 9.17) is 18.6 Å². The van der Waals surface area contributed by atoms with Gasteiger partial charge in [0.1, 0.15) is 16.9 Å². The second-order valence-corrected chi connectivity index (χ2v) is 7.90. The Balaban J connectivity index is 1.71. The first-order chi connectivity index (χ1) is 14.8. The fraction of sp³-hybridized carbons (Fsp3) is 0.333. The molecular formula is C24H25NO6. The number of ether oxygens (including phenoxy) is 3. The van der Waals surface area contributed by atoms with E-state index in [1.54, 1.807) is 44.4 Å². The number of ketones is 1. The van der Waals surface area contributed by atoms with Gasteiger partial charge in [0.05, 0.1) is 26.2 Å². The van der Waals surface area contributed by atoms with Crippen molar-refractivity contribution in [2.75, 3.05) is 19.5 Å². The summed E-state index contributed by atoms with van der Waals surface area (Å²) in [5.41, 5.74) is 1.56. The van der Waals surface area contributed by atoms with Crippen LogP contribution in [-0.2, 0) is 0 Å². The Labute approximate surface area is 180 Å². The molecule has 2 heterocycles. The van der Waals surface area contributed by atoms with Crippen LogP contribution >= 0.6 is 0 Å². The fourth-order valence-corrected chi connectivity index (χ4v) is 3.93. The zero-order valence-electron chi connectivity index (χ0n) is 18.3. The van der Waals surface area contributed by atoms with Gasteiger partial charge in [-0.25, -0.2) is 0 Å². The third kappa shape index (κ3) is 3.50. The number of Topliss-reactive ketones (excluding diaryl/α,β-unsaturated/α-hetero) is 1. The monoisotopic (exact) mass is 423 g/mol. The van der Waals surface area contributed by atoms with Crippen molar-refractivity contribution in [3.63, 3.8) is 0 Å². The predicted molar refractivity (Wildman–Crippen MR) is 117 cm³/mol. The Bertz CT molecular complexity index is 1190. The van der Waals surface area contributed by atoms with Crippen molar-refractivity contribution in [1.82, 2.24) is 0 Å². The van der Waals surface area contributed by atoms with Gasteiger partial charge in [0.2, 0.25) is 0 Å². The minimum Gasteiger partial charge on any atom is -0.493 e. The van der Waals surface area contributed by atoms with E-state index in [2.05, 4.69) is 5.32 Å². The molecule has 162 valence electrons. The van der Waals surface area contributed by atoms with Crippen molar-refractivity contribution in [3.05, 3.63) is 47.2 Å². The third-order valence-electron chi connectivity index (χ3n) is 5.82. The van der Waals surface area contributed by atoms with Crippen LogP contribution in [0, 0.1) is 6.92 Å². The maximum Gasteiger partial charge on any atom is 0.291 e. The van der Waals surface area contributed by atoms with Gasteiger partial charge in [0.15, 0.2) is 23.0 Å². The number of carbonyl (C=O) groups is 2. The number of nitrogens with one attached hydrogen (secondary N) is 1. The van der Waals surface area contributed by atoms with Crippen LogP contribution < -0.4 is 19.5 Å². The van der Waals surface area contributed by atoms with E-state index in [1.807, 2.05) is 13.8 Å². The summed E-state index contributed by atoms with van der Waals surface area (Å²) in [7, 11) is 3.07. The first-order valence-corrected chi connectivity index (χ1v) is 10.1. The zero-order chi connectivity index (χ0) is 22.3. The topological polar surface area (TPSA) is 87.0 Å². The summed E-state index contributed by atoms with van der Waals surface area (Å²) in [6.45, 7) is 5.70. The van der Waals surface area contributed by atoms with Gasteiger partial charge in [-0.2, -0.15) is 0 Å². The second kappa shape index (κ2) is 7.65. The van der Waals surface area contributed by atoms with Crippen molar-refractivity contribution < 1.29 is 28.2 Å². The number of furan rings is 1. The van der Waals surface area contributed by atoms with Gasteiger partial charge in [-0.3, -0.25) is 9.59 Å². The number of hydrogen-bond acceptors (Lipinski definition) is 6. The predicted octanol–water partition coefficient (Wildman–Crippen LogP) is 5.14. The van der Waals surface area contributed by atoms with Gasteiger partial charge in [-0.15, -0.1) is 0 Å². The number of hydrogen-bond donors (Lipinski definition) is 1. The number of benzene rings is 2. The minimum atomic E-state index is -0.525. The molecule has 4 rings (SSSR count). The number of anilines is 1. The number of carbonyl (C=O) groups excluding carboxylic acids is 2. The molecule has 7 heteroatoms. The Morgan fingerprint density at radius 2 is 1.90 bits per heavy atom. The highest BCUT2D eigenvalue weighted by molar-refractivity contribution is 6.14. The maximum atomic E-state index is 13.0. The molecule has 1 atom stereocenters. The van der Waals surface area contributed by atoms with Crippen molar-refractivity contribution in [2.24, 2.45) is 0 Å². The van der Waals surface area contributed by atoms with Gasteiger partial charge >= 0.3 is 0 Å². The summed E-state index contributed by atoms with van der Waals surface area (Å²) in [5, 5.41) is 3.44. The molecule has 1 aromatic heterocycles. The van der Waals surface area contributed by atoms with E-state index in [-0.39, 0.29) is 18.0 Å². The summed E-state index contributed by atoms with van der Waals surface area (Å²) in [6, 6.07) is 8.56. The zero-order valence-corrected chi connectivity index (χ0v) is 18.3. The molecule has 0 aliphatic carbocycles. The van der Waals surface area contributed by atoms with Crippen LogP contribution in [0.5, 0.6) is 17.2 Å². The Hall–Kier alpha value is -3.48. The molecule has 0 fully saturated rings. The first kappa shape index (κ1) is 20.8. The highest BCUT2D eigenvalue weighted by atomic mass is 16.5. The molecule has 1 aliphatic heterocycles. The largest absolute Gasteiger partial charge is 0.493 e. The molecule has 3 aromatic rings. The van der Waals surface area contributed by atoms with E-state index in [0.717, 1.165) is 6.42 Å². The minimum absolute atomic E-state index is 0.00745. The number of fused-ring (bicyclic) bond motifs is 3. The van der Waals surface area contributed by atoms with Crippen LogP contribution in [0.3, 0.4) is 0 Å². The highest BCUT2D eigenvalue weighted by Crippen LogP contribution is 2.41. The fourth-order valence-electron chi connectivity index (χ4n) is 3.93. The number of amides is 1. The first-order valence-electron chi connectivity index (χ1n) is 10.1. The van der Waals surface area contributed by atoms with Crippen LogP contribution in [0.25, 0.3) is 11.0 Å². The van der Waals surface area contributed by atoms with Crippen molar-refractivity contribution in [3.8, 4) is 17.2 Å². The molecule has 0 bridgehead atoms. The molecule has 0 saturated heterocycles. The molecule has 1 amide bonds. The molecule has 0 spiro atoms. The van der Waals surface area contributed by atoms with Crippen molar-refractivity contribution in [1.29, 1.82) is 0 Å². The Morgan fingerprint density at radius 3 is 2.58 bits per heavy atom. The molecule has 1 aliphatic rings. The molecule has 1 N–H and O–H groups in total. The van der Waals surface area contributed by atoms with Crippen molar-refractivity contribution >= 4 is 28.3 Å². The normalized spacial score (nSPS) is 17.8. The van der Waals surface area contributed by atoms with Gasteiger partial charge in [0.25, 0.3) is 5.91 Å². The van der Waals surface area contributed by atoms with E-state index in [9.17, 15) is 9.59 Å². The van der Waals surface area contributed by atoms with Crippen LogP contribution in [0.15, 0.2) is 34.7 Å². The lowest BCUT2D eigenvalue weighted by atomic mass is 9.87. The lowest BCUT2D eigenvalue weighted by Gasteiger charge is -2.34. The van der Waals surface area contributed by atoms with Crippen LogP contribution in [0.4, 0.5) is 5.69 Å². The summed E-state index contributed by atoms with van der Waals surface area (Å²) in [4.78, 5) is 25.9. The van der Waals surface area contributed by atoms with E-state index in [0.29, 0.717) is 45.0 Å². The van der Waals surface area contributed by atoms with Gasteiger partial charge in [-0.05, 0) is 44.5 Å². The molecule has 0 radical (unpaired) electrons. The van der Waals surface area contributed by atoms with Gasteiger partial charge in [0, 0.05) is 22.7 Å². The smallest absolute Gasteiger partial charge is 0.291 e. The van der Waals surface area contributed by atoms with E-state index in [1.165, 1.54) is 7.11 Å². The average molecular weight is 423 g/mol. The standard InChI is InChI=1S/C24H25NO6/c1-6-24(3)12-15(26)21-18(31-24)10-9-17-20(21)13(2)22(30-17)23(27)25-14-7-8-16(28-4)19(11-14)29-5/h7-11H,6,12H2,1-5H3,(H,25,27). The summed E-state index contributed by atoms with van der Waals surface area (Å²) >= 11 is 0. The lowest BCUT2D eigenvalue weighted by molar-refractivity contribution is 0.0503. The Kier molecular flexibility index (Phi) is 5.13. The second-order valence-electron chi connectivity index (χ2n) is 7.90. The molecule has 1 unspecified atom stereocenters. The summed E-state index contributed by atoms with van der Waals surface area (Å²) in [6.07, 6.45) is 1.01. The quantitative estimate of drug-likeness (QED) is 0.611. The maximum absolute atomic E-state index is 13.0. The highest BCUT2D eigenvalue weighted by Gasteiger charge is 2.37. The molecule has 7 nitrogen and oxygen atoms in total. The molecular weight excluding hydrogens is 398 g/mol. The van der Waals surface area contributed by atoms with Crippen LogP contribution in [0.1, 0.15) is 53.2 Å². The molecule has 0 saturated carbocycles. The number of rotatable bonds is 5.